The van der Waals surface area contributed by atoms with Crippen molar-refractivity contribution in [1.82, 2.24) is 0 Å². The van der Waals surface area contributed by atoms with E-state index in [4.69, 9.17) is 14.2 Å². The molecule has 0 saturated carbocycles. The zero-order valence-electron chi connectivity index (χ0n) is 33.0. The van der Waals surface area contributed by atoms with Gasteiger partial charge in [-0.15, -0.1) is 0 Å². The molecule has 0 fully saturated rings. The van der Waals surface area contributed by atoms with Gasteiger partial charge in [-0.2, -0.15) is 0 Å². The molecule has 306 valence electrons. The number of nitrogens with zero attached hydrogens (tertiary/aromatic N) is 2. The van der Waals surface area contributed by atoms with Gasteiger partial charge >= 0.3 is 24.1 Å². The number of aromatic carboxylic acids is 1. The van der Waals surface area contributed by atoms with Crippen molar-refractivity contribution >= 4 is 65.3 Å². The van der Waals surface area contributed by atoms with Gasteiger partial charge in [-0.3, -0.25) is 30.9 Å². The molecule has 1 unspecified atom stereocenters. The summed E-state index contributed by atoms with van der Waals surface area (Å²) in [4.78, 5) is 73.4. The number of carboxylic acid groups (broad SMARTS) is 1. The fraction of sp³-hybridized carbons (Fsp3) is 0.209. The second kappa shape index (κ2) is 15.1. The van der Waals surface area contributed by atoms with Crippen LogP contribution in [0.15, 0.2) is 97.1 Å². The number of carbonyl (C=O) groups excluding carboxylic acids is 3. The first-order valence-electron chi connectivity index (χ1n) is 18.6. The predicted octanol–water partition coefficient (Wildman–Crippen LogP) is 7.59. The molecule has 0 radical (unpaired) electrons. The van der Waals surface area contributed by atoms with Crippen molar-refractivity contribution in [2.24, 2.45) is 0 Å². The normalized spacial score (nSPS) is 15.8. The summed E-state index contributed by atoms with van der Waals surface area (Å²) in [6.07, 6.45) is -1.82. The van der Waals surface area contributed by atoms with Crippen molar-refractivity contribution in [3.63, 3.8) is 0 Å². The number of carboxylic acids is 1. The molecule has 2 aliphatic heterocycles. The number of para-hydroxylation sites is 1. The van der Waals surface area contributed by atoms with E-state index in [9.17, 15) is 44.5 Å². The Labute approximate surface area is 343 Å². The average Bonchev–Trinajstić information content (AvgIpc) is 3.49. The van der Waals surface area contributed by atoms with Crippen LogP contribution in [0.2, 0.25) is 13.1 Å². The summed E-state index contributed by atoms with van der Waals surface area (Å²) in [5, 5.41) is 39.5. The summed E-state index contributed by atoms with van der Waals surface area (Å²) in [5.41, 5.74) is 1.54. The van der Waals surface area contributed by atoms with Crippen LogP contribution in [0.1, 0.15) is 74.9 Å². The quantitative estimate of drug-likeness (QED) is 0.0429. The number of carbonyl (C=O) groups is 4. The number of fused-ring (bicyclic) bond motifs is 6. The molecule has 0 aromatic heterocycles. The van der Waals surface area contributed by atoms with Crippen molar-refractivity contribution in [2.75, 3.05) is 10.6 Å². The van der Waals surface area contributed by atoms with Crippen molar-refractivity contribution in [3.05, 3.63) is 162 Å². The lowest BCUT2D eigenvalue weighted by Crippen LogP contribution is -2.63. The van der Waals surface area contributed by atoms with Gasteiger partial charge in [-0.25, -0.2) is 19.2 Å². The first kappa shape index (κ1) is 40.8. The molecular weight excluding hydrogens is 793 g/mol. The molecule has 2 aliphatic rings. The second-order valence-corrected chi connectivity index (χ2v) is 20.2. The number of nitro benzene ring substituents is 2. The maximum atomic E-state index is 13.8. The smallest absolute Gasteiger partial charge is 0.411 e. The van der Waals surface area contributed by atoms with Crippen LogP contribution in [0.4, 0.5) is 32.3 Å². The Balaban J connectivity index is 1.26. The number of ether oxygens (including phenoxy) is 3. The van der Waals surface area contributed by atoms with Crippen LogP contribution in [-0.4, -0.2) is 47.2 Å². The Kier molecular flexibility index (Phi) is 10.2. The second-order valence-electron chi connectivity index (χ2n) is 15.9. The number of hydrogen-bond acceptors (Lipinski definition) is 11. The monoisotopic (exact) mass is 830 g/mol. The van der Waals surface area contributed by atoms with Crippen LogP contribution in [-0.2, 0) is 38.4 Å². The number of anilines is 2. The zero-order chi connectivity index (χ0) is 43.3. The van der Waals surface area contributed by atoms with Crippen LogP contribution in [0, 0.1) is 20.2 Å². The van der Waals surface area contributed by atoms with Gasteiger partial charge in [0.15, 0.2) is 5.60 Å². The van der Waals surface area contributed by atoms with Crippen molar-refractivity contribution in [1.29, 1.82) is 0 Å². The van der Waals surface area contributed by atoms with E-state index in [1.165, 1.54) is 18.2 Å². The first-order chi connectivity index (χ1) is 28.3. The third-order valence-electron chi connectivity index (χ3n) is 10.8. The van der Waals surface area contributed by atoms with Crippen molar-refractivity contribution in [3.8, 4) is 0 Å². The molecule has 5 aromatic carbocycles. The van der Waals surface area contributed by atoms with Crippen LogP contribution < -0.4 is 21.0 Å². The van der Waals surface area contributed by atoms with E-state index in [0.717, 1.165) is 34.1 Å². The molecule has 0 aliphatic carbocycles. The largest absolute Gasteiger partial charge is 0.478 e. The van der Waals surface area contributed by atoms with E-state index in [1.807, 2.05) is 12.1 Å². The average molecular weight is 831 g/mol. The summed E-state index contributed by atoms with van der Waals surface area (Å²) in [6, 6.07) is 25.2. The molecule has 2 heterocycles. The Morgan fingerprint density at radius 3 is 1.83 bits per heavy atom. The van der Waals surface area contributed by atoms with Gasteiger partial charge in [-0.1, -0.05) is 64.2 Å². The van der Waals surface area contributed by atoms with Gasteiger partial charge in [0.2, 0.25) is 0 Å². The Morgan fingerprint density at radius 1 is 0.733 bits per heavy atom. The Morgan fingerprint density at radius 2 is 1.28 bits per heavy atom. The fourth-order valence-electron chi connectivity index (χ4n) is 7.73. The standard InChI is InChI=1S/C43H38N4O12Si/c1-42(2,3)27-11-14-30-33(19-27)43(59-39(30)50)31-15-12-28(44-40(51)57-22-25-8-6-7-9-34(25)46(53)54)20-36(31)60(4,5)37-21-29(13-16-32(37)43)45-41(52)58-23-26-18-24(38(48)49)10-17-35(26)47(55)56/h6-21H,22-23H2,1-5H3,(H,44,51)(H,45,52)(H,48,49). The predicted molar refractivity (Wildman–Crippen MR) is 221 cm³/mol. The minimum absolute atomic E-state index is 0.112. The van der Waals surface area contributed by atoms with E-state index < -0.39 is 59.9 Å². The van der Waals surface area contributed by atoms with Gasteiger partial charge in [0.25, 0.3) is 11.4 Å². The first-order valence-corrected chi connectivity index (χ1v) is 21.6. The molecule has 7 rings (SSSR count). The number of rotatable bonds is 9. The third kappa shape index (κ3) is 7.30. The summed E-state index contributed by atoms with van der Waals surface area (Å²) in [5.74, 6) is -1.84. The van der Waals surface area contributed by atoms with E-state index in [0.29, 0.717) is 33.6 Å². The number of esters is 1. The summed E-state index contributed by atoms with van der Waals surface area (Å²) in [6.45, 7) is 9.36. The van der Waals surface area contributed by atoms with Crippen LogP contribution in [0.25, 0.3) is 0 Å². The molecule has 0 bridgehead atoms. The van der Waals surface area contributed by atoms with E-state index >= 15 is 0 Å². The highest BCUT2D eigenvalue weighted by Crippen LogP contribution is 2.50. The minimum Gasteiger partial charge on any atom is -0.478 e. The molecular formula is C43H38N4O12Si. The van der Waals surface area contributed by atoms with Gasteiger partial charge in [0.1, 0.15) is 21.3 Å². The molecule has 2 amide bonds. The molecule has 3 N–H and O–H groups in total. The fourth-order valence-corrected chi connectivity index (χ4v) is 10.9. The topological polar surface area (TPSA) is 227 Å². The lowest BCUT2D eigenvalue weighted by molar-refractivity contribution is -0.386. The molecule has 5 aromatic rings. The number of hydrogen-bond donors (Lipinski definition) is 3. The molecule has 1 spiro atoms. The number of nitro groups is 2. The molecule has 16 nitrogen and oxygen atoms in total. The lowest BCUT2D eigenvalue weighted by Gasteiger charge is -2.44. The molecule has 60 heavy (non-hydrogen) atoms. The van der Waals surface area contributed by atoms with Gasteiger partial charge in [0, 0.05) is 40.2 Å². The van der Waals surface area contributed by atoms with Crippen molar-refractivity contribution in [2.45, 2.75) is 58.1 Å². The summed E-state index contributed by atoms with van der Waals surface area (Å²) < 4.78 is 17.2. The van der Waals surface area contributed by atoms with Crippen LogP contribution in [0.3, 0.4) is 0 Å². The molecule has 17 heteroatoms. The van der Waals surface area contributed by atoms with Crippen molar-refractivity contribution < 1.29 is 48.3 Å². The number of nitrogens with one attached hydrogen (secondary N) is 2. The molecule has 1 atom stereocenters. The van der Waals surface area contributed by atoms with E-state index in [2.05, 4.69) is 44.5 Å². The maximum absolute atomic E-state index is 13.8. The minimum atomic E-state index is -2.86. The Hall–Kier alpha value is -7.40. The SMILES string of the molecule is CC(C)(C)c1ccc2c(c1)C1(OC2=O)c2ccc(NC(=O)OCc3ccccc3[N+](=O)[O-])cc2[Si](C)(C)c2cc(NC(=O)OCc3cc(C(=O)O)ccc3[N+](=O)[O-])ccc21. The van der Waals surface area contributed by atoms with Gasteiger partial charge in [0.05, 0.1) is 32.1 Å². The Bertz CT molecular complexity index is 2670. The highest BCUT2D eigenvalue weighted by Gasteiger charge is 2.56. The highest BCUT2D eigenvalue weighted by atomic mass is 28.3. The number of benzene rings is 5. The molecule has 0 saturated heterocycles. The zero-order valence-corrected chi connectivity index (χ0v) is 34.0. The number of amides is 2. The van der Waals surface area contributed by atoms with Crippen LogP contribution >= 0.6 is 0 Å². The van der Waals surface area contributed by atoms with E-state index in [-0.39, 0.29) is 34.4 Å². The summed E-state index contributed by atoms with van der Waals surface area (Å²) >= 11 is 0. The van der Waals surface area contributed by atoms with Crippen LogP contribution in [0.5, 0.6) is 0 Å². The third-order valence-corrected chi connectivity index (χ3v) is 14.3. The van der Waals surface area contributed by atoms with Gasteiger partial charge < -0.3 is 19.3 Å². The highest BCUT2D eigenvalue weighted by molar-refractivity contribution is 7.01. The maximum Gasteiger partial charge on any atom is 0.411 e. The summed E-state index contributed by atoms with van der Waals surface area (Å²) in [7, 11) is -2.86. The van der Waals surface area contributed by atoms with Gasteiger partial charge in [-0.05, 0) is 75.9 Å². The lowest BCUT2D eigenvalue weighted by atomic mass is 9.76. The van der Waals surface area contributed by atoms with E-state index in [1.54, 1.807) is 48.5 Å².